The fourth-order valence-electron chi connectivity index (χ4n) is 2.03. The van der Waals surface area contributed by atoms with Crippen molar-refractivity contribution in [3.63, 3.8) is 0 Å². The molecule has 0 spiro atoms. The van der Waals surface area contributed by atoms with Crippen molar-refractivity contribution >= 4 is 22.4 Å². The number of fused-ring (bicyclic) bond motifs is 1. The predicted octanol–water partition coefficient (Wildman–Crippen LogP) is 2.67. The van der Waals surface area contributed by atoms with E-state index in [9.17, 15) is 0 Å². The summed E-state index contributed by atoms with van der Waals surface area (Å²) in [7, 11) is 1.58. The number of nitrogens with one attached hydrogen (secondary N) is 1. The lowest BCUT2D eigenvalue weighted by atomic mass is 10.2. The van der Waals surface area contributed by atoms with Crippen LogP contribution in [0.2, 0.25) is 0 Å². The molecule has 2 aromatic carbocycles. The molecule has 0 unspecified atom stereocenters. The molecular formula is C13H12N6O. The van der Waals surface area contributed by atoms with Crippen LogP contribution in [-0.4, -0.2) is 22.1 Å². The normalized spacial score (nSPS) is 10.7. The first-order chi connectivity index (χ1) is 9.72. The van der Waals surface area contributed by atoms with Gasteiger partial charge in [0.05, 0.1) is 18.3 Å². The molecule has 1 aromatic heterocycles. The van der Waals surface area contributed by atoms with Gasteiger partial charge in [-0.25, -0.2) is 10.2 Å². The smallest absolute Gasteiger partial charge is 0.146 e. The van der Waals surface area contributed by atoms with E-state index in [4.69, 9.17) is 16.0 Å². The summed E-state index contributed by atoms with van der Waals surface area (Å²) in [5.74, 6) is 0.617. The monoisotopic (exact) mass is 268 g/mol. The number of benzene rings is 2. The van der Waals surface area contributed by atoms with Crippen molar-refractivity contribution in [3.05, 3.63) is 36.4 Å². The molecule has 0 fully saturated rings. The second-order valence-corrected chi connectivity index (χ2v) is 4.22. The van der Waals surface area contributed by atoms with Crippen LogP contribution in [-0.2, 0) is 0 Å². The Kier molecular flexibility index (Phi) is 2.79. The number of hydrogen-bond donors (Lipinski definition) is 2. The number of ether oxygens (including phenoxy) is 1. The molecule has 0 bridgehead atoms. The third-order valence-corrected chi connectivity index (χ3v) is 2.99. The number of aromatic nitrogens is 3. The van der Waals surface area contributed by atoms with Crippen LogP contribution < -0.4 is 10.5 Å². The fraction of sp³-hybridized carbons (Fsp3) is 0.0769. The van der Waals surface area contributed by atoms with Gasteiger partial charge in [-0.2, -0.15) is 5.11 Å². The summed E-state index contributed by atoms with van der Waals surface area (Å²) in [6.45, 7) is 0. The Hall–Kier alpha value is -2.96. The first-order valence-corrected chi connectivity index (χ1v) is 5.90. The number of hydrogen-bond acceptors (Lipinski definition) is 6. The summed E-state index contributed by atoms with van der Waals surface area (Å²) in [6, 6.07) is 10.6. The van der Waals surface area contributed by atoms with E-state index >= 15 is 0 Å². The van der Waals surface area contributed by atoms with Crippen molar-refractivity contribution in [2.24, 2.45) is 5.11 Å². The van der Waals surface area contributed by atoms with E-state index in [-0.39, 0.29) is 0 Å². The first kappa shape index (κ1) is 12.1. The van der Waals surface area contributed by atoms with E-state index < -0.39 is 0 Å². The molecule has 100 valence electrons. The number of rotatable bonds is 3. The molecule has 0 aliphatic carbocycles. The van der Waals surface area contributed by atoms with E-state index in [0.717, 1.165) is 11.2 Å². The highest BCUT2D eigenvalue weighted by atomic mass is 16.5. The summed E-state index contributed by atoms with van der Waals surface area (Å²) in [5.41, 5.74) is 16.1. The van der Waals surface area contributed by atoms with Gasteiger partial charge in [0.25, 0.3) is 0 Å². The molecule has 0 radical (unpaired) electrons. The highest BCUT2D eigenvalue weighted by Gasteiger charge is 2.11. The number of nitrogens with two attached hydrogens (primary N) is 1. The number of methoxy groups -OCH3 is 1. The van der Waals surface area contributed by atoms with Crippen LogP contribution in [0.4, 0.5) is 11.4 Å². The molecule has 20 heavy (non-hydrogen) atoms. The average Bonchev–Trinajstić information content (AvgIpc) is 2.89. The molecular weight excluding hydrogens is 256 g/mol. The predicted molar refractivity (Wildman–Crippen MR) is 74.6 cm³/mol. The van der Waals surface area contributed by atoms with Crippen LogP contribution in [0.5, 0.6) is 5.75 Å². The number of nitrogen functional groups attached to an aromatic ring is 1. The van der Waals surface area contributed by atoms with Crippen molar-refractivity contribution in [2.75, 3.05) is 12.8 Å². The van der Waals surface area contributed by atoms with Gasteiger partial charge in [-0.3, -0.25) is 0 Å². The Morgan fingerprint density at radius 1 is 1.25 bits per heavy atom. The molecule has 3 N–H and O–H groups in total. The molecule has 0 atom stereocenters. The van der Waals surface area contributed by atoms with Crippen LogP contribution in [0.1, 0.15) is 0 Å². The Morgan fingerprint density at radius 2 is 2.10 bits per heavy atom. The molecule has 0 aliphatic heterocycles. The van der Waals surface area contributed by atoms with E-state index in [2.05, 4.69) is 15.4 Å². The van der Waals surface area contributed by atoms with Gasteiger partial charge >= 0.3 is 0 Å². The van der Waals surface area contributed by atoms with Gasteiger partial charge < -0.3 is 10.5 Å². The van der Waals surface area contributed by atoms with E-state index in [1.807, 2.05) is 12.1 Å². The van der Waals surface area contributed by atoms with Crippen LogP contribution in [0.25, 0.3) is 16.7 Å². The van der Waals surface area contributed by atoms with Crippen LogP contribution in [0, 0.1) is 5.53 Å². The van der Waals surface area contributed by atoms with Gasteiger partial charge in [-0.15, -0.1) is 5.10 Å². The van der Waals surface area contributed by atoms with Gasteiger partial charge in [-0.05, 0) is 30.3 Å². The van der Waals surface area contributed by atoms with Crippen LogP contribution >= 0.6 is 0 Å². The largest absolute Gasteiger partial charge is 0.494 e. The first-order valence-electron chi connectivity index (χ1n) is 5.90. The van der Waals surface area contributed by atoms with Crippen molar-refractivity contribution < 1.29 is 4.74 Å². The zero-order valence-corrected chi connectivity index (χ0v) is 10.7. The lowest BCUT2D eigenvalue weighted by Gasteiger charge is -2.09. The summed E-state index contributed by atoms with van der Waals surface area (Å²) in [5, 5.41) is 11.6. The maximum atomic E-state index is 7.01. The average molecular weight is 268 g/mol. The molecule has 7 heteroatoms. The lowest BCUT2D eigenvalue weighted by Crippen LogP contribution is -2.01. The molecule has 0 saturated carbocycles. The third kappa shape index (κ3) is 1.85. The van der Waals surface area contributed by atoms with Crippen molar-refractivity contribution in [2.45, 2.75) is 0 Å². The molecule has 0 amide bonds. The molecule has 7 nitrogen and oxygen atoms in total. The van der Waals surface area contributed by atoms with Gasteiger partial charge in [0.2, 0.25) is 0 Å². The van der Waals surface area contributed by atoms with Crippen molar-refractivity contribution in [1.82, 2.24) is 15.0 Å². The Balaban J connectivity index is 2.22. The summed E-state index contributed by atoms with van der Waals surface area (Å²) in [4.78, 5) is 0. The number of nitrogens with zero attached hydrogens (tertiary/aromatic N) is 4. The highest BCUT2D eigenvalue weighted by molar-refractivity contribution is 5.80. The van der Waals surface area contributed by atoms with E-state index in [0.29, 0.717) is 22.6 Å². The van der Waals surface area contributed by atoms with E-state index in [1.54, 1.807) is 36.1 Å². The quantitative estimate of drug-likeness (QED) is 0.563. The minimum atomic E-state index is 0.536. The molecule has 3 rings (SSSR count). The van der Waals surface area contributed by atoms with Gasteiger partial charge in [0.15, 0.2) is 0 Å². The van der Waals surface area contributed by atoms with Gasteiger partial charge in [0, 0.05) is 11.8 Å². The van der Waals surface area contributed by atoms with Crippen molar-refractivity contribution in [3.8, 4) is 11.4 Å². The zero-order valence-electron chi connectivity index (χ0n) is 10.7. The second kappa shape index (κ2) is 4.61. The lowest BCUT2D eigenvalue weighted by molar-refractivity contribution is 0.412. The molecule has 0 saturated heterocycles. The Morgan fingerprint density at radius 3 is 2.85 bits per heavy atom. The molecule has 0 aliphatic rings. The standard InChI is InChI=1S/C13H12N6O/c1-20-13-6-8(14)2-4-12(13)19-11-5-3-9(16-15)7-10(11)17-18-19/h2-7,15H,14H2,1H3. The number of anilines is 1. The minimum absolute atomic E-state index is 0.536. The Labute approximate surface area is 114 Å². The highest BCUT2D eigenvalue weighted by Crippen LogP contribution is 2.28. The second-order valence-electron chi connectivity index (χ2n) is 4.22. The van der Waals surface area contributed by atoms with Crippen molar-refractivity contribution in [1.29, 1.82) is 5.53 Å². The molecule has 3 aromatic rings. The molecule has 1 heterocycles. The summed E-state index contributed by atoms with van der Waals surface area (Å²) < 4.78 is 6.99. The topological polar surface area (TPSA) is 102 Å². The minimum Gasteiger partial charge on any atom is -0.494 e. The SMILES string of the molecule is COc1cc(N)ccc1-n1nnc2cc(N=N)ccc21. The summed E-state index contributed by atoms with van der Waals surface area (Å²) >= 11 is 0. The van der Waals surface area contributed by atoms with E-state index in [1.165, 1.54) is 0 Å². The zero-order chi connectivity index (χ0) is 14.1. The van der Waals surface area contributed by atoms with Gasteiger partial charge in [0.1, 0.15) is 17.0 Å². The van der Waals surface area contributed by atoms with Gasteiger partial charge in [-0.1, -0.05) is 5.21 Å². The third-order valence-electron chi connectivity index (χ3n) is 2.99. The Bertz CT molecular complexity index is 795. The fourth-order valence-corrected chi connectivity index (χ4v) is 2.03. The maximum absolute atomic E-state index is 7.01. The summed E-state index contributed by atoms with van der Waals surface area (Å²) in [6.07, 6.45) is 0. The van der Waals surface area contributed by atoms with Crippen LogP contribution in [0.3, 0.4) is 0 Å². The van der Waals surface area contributed by atoms with Crippen LogP contribution in [0.15, 0.2) is 41.5 Å². The maximum Gasteiger partial charge on any atom is 0.146 e.